The normalized spacial score (nSPS) is 10.2. The Bertz CT molecular complexity index is 570. The number of aromatic nitrogens is 2. The number of methoxy groups -OCH3 is 1. The summed E-state index contributed by atoms with van der Waals surface area (Å²) in [6.45, 7) is 0. The van der Waals surface area contributed by atoms with Crippen LogP contribution in [0.1, 0.15) is 10.4 Å². The fourth-order valence-corrected chi connectivity index (χ4v) is 2.42. The van der Waals surface area contributed by atoms with Crippen LogP contribution in [0.15, 0.2) is 18.3 Å². The average molecular weight is 271 g/mol. The zero-order valence-corrected chi connectivity index (χ0v) is 10.2. The van der Waals surface area contributed by atoms with Crippen LogP contribution in [-0.4, -0.2) is 28.4 Å². The number of hydrogen-bond donors (Lipinski definition) is 1. The maximum Gasteiger partial charge on any atom is 0.342 e. The van der Waals surface area contributed by atoms with Gasteiger partial charge in [0.1, 0.15) is 5.56 Å². The van der Waals surface area contributed by atoms with Crippen molar-refractivity contribution in [2.45, 2.75) is 0 Å². The third-order valence-electron chi connectivity index (χ3n) is 2.06. The van der Waals surface area contributed by atoms with E-state index in [1.165, 1.54) is 24.6 Å². The summed E-state index contributed by atoms with van der Waals surface area (Å²) in [4.78, 5) is 11.9. The molecule has 2 aromatic heterocycles. The summed E-state index contributed by atoms with van der Waals surface area (Å²) in [7, 11) is 1.35. The number of hydrogen-bond acceptors (Lipinski definition) is 5. The quantitative estimate of drug-likeness (QED) is 0.928. The van der Waals surface area contributed by atoms with Gasteiger partial charge >= 0.3 is 5.97 Å². The second-order valence-corrected chi connectivity index (χ2v) is 4.77. The van der Waals surface area contributed by atoms with Crippen LogP contribution in [0, 0.1) is 0 Å². The third kappa shape index (κ3) is 2.22. The lowest BCUT2D eigenvalue weighted by Gasteiger charge is -2.06. The standard InChI is InChI=1S/C10H7ClN2O3S/c1-16-9-8(10(14)15)5(4-12-13-9)6-2-3-7(11)17-6/h2-4H,1H3,(H,14,15). The minimum atomic E-state index is -1.11. The molecule has 0 aliphatic heterocycles. The molecule has 0 saturated heterocycles. The SMILES string of the molecule is COc1nncc(-c2ccc(Cl)s2)c1C(=O)O. The lowest BCUT2D eigenvalue weighted by molar-refractivity contribution is 0.0693. The number of carboxylic acid groups (broad SMARTS) is 1. The van der Waals surface area contributed by atoms with Crippen LogP contribution in [-0.2, 0) is 0 Å². The van der Waals surface area contributed by atoms with Gasteiger partial charge in [-0.1, -0.05) is 11.6 Å². The minimum Gasteiger partial charge on any atom is -0.479 e. The highest BCUT2D eigenvalue weighted by Gasteiger charge is 2.20. The molecule has 0 spiro atoms. The molecule has 0 amide bonds. The van der Waals surface area contributed by atoms with Gasteiger partial charge in [-0.05, 0) is 12.1 Å². The van der Waals surface area contributed by atoms with Gasteiger partial charge in [0, 0.05) is 10.4 Å². The van der Waals surface area contributed by atoms with Gasteiger partial charge in [0.2, 0.25) is 5.88 Å². The Morgan fingerprint density at radius 2 is 2.29 bits per heavy atom. The van der Waals surface area contributed by atoms with E-state index in [4.69, 9.17) is 21.4 Å². The number of rotatable bonds is 3. The molecule has 2 aromatic rings. The molecule has 2 heterocycles. The van der Waals surface area contributed by atoms with Crippen LogP contribution in [0.3, 0.4) is 0 Å². The molecule has 17 heavy (non-hydrogen) atoms. The first kappa shape index (κ1) is 11.8. The van der Waals surface area contributed by atoms with E-state index >= 15 is 0 Å². The Kier molecular flexibility index (Phi) is 3.26. The van der Waals surface area contributed by atoms with Crippen LogP contribution in [0.4, 0.5) is 0 Å². The van der Waals surface area contributed by atoms with Crippen molar-refractivity contribution in [2.24, 2.45) is 0 Å². The highest BCUT2D eigenvalue weighted by molar-refractivity contribution is 7.19. The van der Waals surface area contributed by atoms with Crippen molar-refractivity contribution < 1.29 is 14.6 Å². The third-order valence-corrected chi connectivity index (χ3v) is 3.33. The van der Waals surface area contributed by atoms with Crippen LogP contribution in [0.2, 0.25) is 4.34 Å². The van der Waals surface area contributed by atoms with Gasteiger partial charge in [-0.25, -0.2) is 4.79 Å². The molecular weight excluding hydrogens is 264 g/mol. The number of carboxylic acids is 1. The summed E-state index contributed by atoms with van der Waals surface area (Å²) in [5.41, 5.74) is 0.433. The van der Waals surface area contributed by atoms with Crippen molar-refractivity contribution in [2.75, 3.05) is 7.11 Å². The Morgan fingerprint density at radius 1 is 1.53 bits per heavy atom. The van der Waals surface area contributed by atoms with Crippen LogP contribution in [0.25, 0.3) is 10.4 Å². The van der Waals surface area contributed by atoms with Gasteiger partial charge in [0.05, 0.1) is 17.6 Å². The lowest BCUT2D eigenvalue weighted by Crippen LogP contribution is -2.05. The average Bonchev–Trinajstić information content (AvgIpc) is 2.74. The number of aromatic carboxylic acids is 1. The van der Waals surface area contributed by atoms with Crippen molar-refractivity contribution in [1.82, 2.24) is 10.2 Å². The van der Waals surface area contributed by atoms with Gasteiger partial charge in [0.25, 0.3) is 0 Å². The number of ether oxygens (including phenoxy) is 1. The number of nitrogens with zero attached hydrogens (tertiary/aromatic N) is 2. The zero-order valence-electron chi connectivity index (χ0n) is 8.68. The van der Waals surface area contributed by atoms with Crippen molar-refractivity contribution in [3.8, 4) is 16.3 Å². The molecule has 2 rings (SSSR count). The second-order valence-electron chi connectivity index (χ2n) is 3.05. The van der Waals surface area contributed by atoms with E-state index in [0.717, 1.165) is 0 Å². The zero-order chi connectivity index (χ0) is 12.4. The molecule has 0 aromatic carbocycles. The smallest absolute Gasteiger partial charge is 0.342 e. The van der Waals surface area contributed by atoms with Crippen LogP contribution >= 0.6 is 22.9 Å². The molecule has 0 aliphatic carbocycles. The molecule has 0 saturated carbocycles. The maximum atomic E-state index is 11.2. The molecule has 5 nitrogen and oxygen atoms in total. The van der Waals surface area contributed by atoms with E-state index in [1.54, 1.807) is 12.1 Å². The van der Waals surface area contributed by atoms with Crippen molar-refractivity contribution in [1.29, 1.82) is 0 Å². The Labute approximate surface area is 106 Å². The molecule has 0 atom stereocenters. The fourth-order valence-electron chi connectivity index (χ4n) is 1.36. The largest absolute Gasteiger partial charge is 0.479 e. The lowest BCUT2D eigenvalue weighted by atomic mass is 10.1. The highest BCUT2D eigenvalue weighted by Crippen LogP contribution is 2.34. The molecule has 0 aliphatic rings. The monoisotopic (exact) mass is 270 g/mol. The first-order valence-corrected chi connectivity index (χ1v) is 5.71. The van der Waals surface area contributed by atoms with Gasteiger partial charge in [-0.2, -0.15) is 5.10 Å². The van der Waals surface area contributed by atoms with E-state index in [9.17, 15) is 4.79 Å². The predicted octanol–water partition coefficient (Wildman–Crippen LogP) is 2.57. The maximum absolute atomic E-state index is 11.2. The summed E-state index contributed by atoms with van der Waals surface area (Å²) in [5.74, 6) is -1.13. The fraction of sp³-hybridized carbons (Fsp3) is 0.100. The van der Waals surface area contributed by atoms with Crippen molar-refractivity contribution in [3.05, 3.63) is 28.2 Å². The Morgan fingerprint density at radius 3 is 2.82 bits per heavy atom. The summed E-state index contributed by atoms with van der Waals surface area (Å²) in [5, 5.41) is 16.5. The van der Waals surface area contributed by atoms with Gasteiger partial charge in [0.15, 0.2) is 0 Å². The summed E-state index contributed by atoms with van der Waals surface area (Å²) in [6.07, 6.45) is 1.38. The van der Waals surface area contributed by atoms with Crippen molar-refractivity contribution in [3.63, 3.8) is 0 Å². The van der Waals surface area contributed by atoms with E-state index in [1.807, 2.05) is 0 Å². The Balaban J connectivity index is 2.65. The molecule has 1 N–H and O–H groups in total. The number of carbonyl (C=O) groups is 1. The summed E-state index contributed by atoms with van der Waals surface area (Å²) < 4.78 is 5.47. The number of halogens is 1. The predicted molar refractivity (Wildman–Crippen MR) is 63.9 cm³/mol. The molecular formula is C10H7ClN2O3S. The molecule has 88 valence electrons. The Hall–Kier alpha value is -1.66. The van der Waals surface area contributed by atoms with Crippen molar-refractivity contribution >= 4 is 28.9 Å². The van der Waals surface area contributed by atoms with Crippen LogP contribution < -0.4 is 4.74 Å². The molecule has 0 radical (unpaired) electrons. The molecule has 7 heteroatoms. The van der Waals surface area contributed by atoms with Crippen LogP contribution in [0.5, 0.6) is 5.88 Å². The van der Waals surface area contributed by atoms with Gasteiger partial charge < -0.3 is 9.84 Å². The summed E-state index contributed by atoms with van der Waals surface area (Å²) >= 11 is 7.09. The molecule has 0 unspecified atom stereocenters. The summed E-state index contributed by atoms with van der Waals surface area (Å²) in [6, 6.07) is 3.43. The minimum absolute atomic E-state index is 0.0129. The number of thiophene rings is 1. The van der Waals surface area contributed by atoms with E-state index < -0.39 is 5.97 Å². The van der Waals surface area contributed by atoms with Gasteiger partial charge in [-0.15, -0.1) is 16.4 Å². The topological polar surface area (TPSA) is 72.3 Å². The first-order chi connectivity index (χ1) is 8.13. The van der Waals surface area contributed by atoms with Gasteiger partial charge in [-0.3, -0.25) is 0 Å². The molecule has 0 fully saturated rings. The first-order valence-electron chi connectivity index (χ1n) is 4.52. The van der Waals surface area contributed by atoms with E-state index in [-0.39, 0.29) is 11.4 Å². The van der Waals surface area contributed by atoms with E-state index in [0.29, 0.717) is 14.8 Å². The van der Waals surface area contributed by atoms with E-state index in [2.05, 4.69) is 10.2 Å². The molecule has 0 bridgehead atoms. The second kappa shape index (κ2) is 4.68. The highest BCUT2D eigenvalue weighted by atomic mass is 35.5.